The number of nitrogens with one attached hydrogen (secondary N) is 1. The number of carbonyl (C=O) groups excluding carboxylic acids is 2. The van der Waals surface area contributed by atoms with E-state index in [0.717, 1.165) is 3.57 Å². The fourth-order valence-electron chi connectivity index (χ4n) is 1.77. The number of ether oxygens (including phenoxy) is 1. The van der Waals surface area contributed by atoms with Crippen molar-refractivity contribution in [2.24, 2.45) is 0 Å². The van der Waals surface area contributed by atoms with Crippen molar-refractivity contribution in [1.82, 2.24) is 0 Å². The predicted molar refractivity (Wildman–Crippen MR) is 98.7 cm³/mol. The summed E-state index contributed by atoms with van der Waals surface area (Å²) >= 11 is 7.98. The SMILES string of the molecule is COC(=O)/C(=C/C(=O)c1ccc(Cl)cc1)Nc1ccc(I)cc1. The van der Waals surface area contributed by atoms with E-state index in [-0.39, 0.29) is 11.5 Å². The molecule has 0 radical (unpaired) electrons. The largest absolute Gasteiger partial charge is 0.464 e. The molecule has 2 aromatic carbocycles. The van der Waals surface area contributed by atoms with Crippen molar-refractivity contribution >= 4 is 51.6 Å². The topological polar surface area (TPSA) is 55.4 Å². The molecule has 0 aliphatic rings. The van der Waals surface area contributed by atoms with Crippen LogP contribution in [0.15, 0.2) is 60.3 Å². The number of allylic oxidation sites excluding steroid dienone is 1. The Morgan fingerprint density at radius 3 is 2.26 bits per heavy atom. The Morgan fingerprint density at radius 2 is 1.70 bits per heavy atom. The van der Waals surface area contributed by atoms with Gasteiger partial charge in [0.15, 0.2) is 5.78 Å². The van der Waals surface area contributed by atoms with Crippen LogP contribution in [-0.4, -0.2) is 18.9 Å². The molecular formula is C17H13ClINO3. The highest BCUT2D eigenvalue weighted by atomic mass is 127. The Kier molecular flexibility index (Phi) is 6.18. The Bertz CT molecular complexity index is 739. The quantitative estimate of drug-likeness (QED) is 0.325. The first-order chi connectivity index (χ1) is 11.0. The third kappa shape index (κ3) is 5.07. The fourth-order valence-corrected chi connectivity index (χ4v) is 2.26. The summed E-state index contributed by atoms with van der Waals surface area (Å²) in [6, 6.07) is 13.8. The summed E-state index contributed by atoms with van der Waals surface area (Å²) in [6.07, 6.45) is 1.22. The van der Waals surface area contributed by atoms with Gasteiger partial charge in [-0.25, -0.2) is 4.79 Å². The number of halogens is 2. The zero-order chi connectivity index (χ0) is 16.8. The van der Waals surface area contributed by atoms with Gasteiger partial charge in [-0.2, -0.15) is 0 Å². The maximum atomic E-state index is 12.3. The van der Waals surface area contributed by atoms with Crippen molar-refractivity contribution in [2.45, 2.75) is 0 Å². The second kappa shape index (κ2) is 8.12. The molecule has 23 heavy (non-hydrogen) atoms. The van der Waals surface area contributed by atoms with Gasteiger partial charge < -0.3 is 10.1 Å². The Balaban J connectivity index is 2.26. The first-order valence-corrected chi connectivity index (χ1v) is 8.08. The molecule has 2 aromatic rings. The summed E-state index contributed by atoms with van der Waals surface area (Å²) in [5, 5.41) is 3.44. The van der Waals surface area contributed by atoms with E-state index in [1.165, 1.54) is 13.2 Å². The number of hydrogen-bond acceptors (Lipinski definition) is 4. The van der Waals surface area contributed by atoms with Gasteiger partial charge in [-0.15, -0.1) is 0 Å². The van der Waals surface area contributed by atoms with Gasteiger partial charge in [0.1, 0.15) is 5.70 Å². The Morgan fingerprint density at radius 1 is 1.09 bits per heavy atom. The van der Waals surface area contributed by atoms with E-state index in [9.17, 15) is 9.59 Å². The molecule has 0 aromatic heterocycles. The molecule has 0 saturated carbocycles. The normalized spacial score (nSPS) is 11.0. The lowest BCUT2D eigenvalue weighted by molar-refractivity contribution is -0.135. The maximum Gasteiger partial charge on any atom is 0.354 e. The fraction of sp³-hybridized carbons (Fsp3) is 0.0588. The maximum absolute atomic E-state index is 12.3. The molecule has 0 amide bonds. The first kappa shape index (κ1) is 17.5. The predicted octanol–water partition coefficient (Wildman–Crippen LogP) is 4.30. The molecule has 0 atom stereocenters. The molecule has 0 fully saturated rings. The molecular weight excluding hydrogens is 429 g/mol. The highest BCUT2D eigenvalue weighted by Crippen LogP contribution is 2.15. The van der Waals surface area contributed by atoms with Crippen LogP contribution in [0.25, 0.3) is 0 Å². The number of benzene rings is 2. The van der Waals surface area contributed by atoms with Crippen LogP contribution in [0.2, 0.25) is 5.02 Å². The van der Waals surface area contributed by atoms with Gasteiger partial charge in [-0.3, -0.25) is 4.79 Å². The van der Waals surface area contributed by atoms with Gasteiger partial charge >= 0.3 is 5.97 Å². The molecule has 4 nitrogen and oxygen atoms in total. The summed E-state index contributed by atoms with van der Waals surface area (Å²) in [7, 11) is 1.26. The van der Waals surface area contributed by atoms with Crippen LogP contribution in [0, 0.1) is 3.57 Å². The smallest absolute Gasteiger partial charge is 0.354 e. The molecule has 6 heteroatoms. The first-order valence-electron chi connectivity index (χ1n) is 6.62. The summed E-state index contributed by atoms with van der Waals surface area (Å²) in [4.78, 5) is 24.1. The van der Waals surface area contributed by atoms with Gasteiger partial charge in [-0.05, 0) is 71.1 Å². The van der Waals surface area contributed by atoms with Gasteiger partial charge in [-0.1, -0.05) is 11.6 Å². The molecule has 0 bridgehead atoms. The summed E-state index contributed by atoms with van der Waals surface area (Å²) in [6.45, 7) is 0. The summed E-state index contributed by atoms with van der Waals surface area (Å²) in [5.74, 6) is -0.939. The van der Waals surface area contributed by atoms with E-state index in [2.05, 4.69) is 27.9 Å². The van der Waals surface area contributed by atoms with Crippen molar-refractivity contribution in [1.29, 1.82) is 0 Å². The van der Waals surface area contributed by atoms with Crippen LogP contribution in [0.1, 0.15) is 10.4 Å². The van der Waals surface area contributed by atoms with Crippen LogP contribution in [-0.2, 0) is 9.53 Å². The lowest BCUT2D eigenvalue weighted by Gasteiger charge is -2.09. The minimum atomic E-state index is -0.620. The van der Waals surface area contributed by atoms with Crippen molar-refractivity contribution in [3.05, 3.63) is 74.5 Å². The summed E-state index contributed by atoms with van der Waals surface area (Å²) in [5.41, 5.74) is 1.18. The minimum Gasteiger partial charge on any atom is -0.464 e. The van der Waals surface area contributed by atoms with E-state index in [0.29, 0.717) is 16.3 Å². The number of carbonyl (C=O) groups is 2. The summed E-state index contributed by atoms with van der Waals surface area (Å²) < 4.78 is 5.78. The molecule has 0 saturated heterocycles. The second-order valence-electron chi connectivity index (χ2n) is 4.55. The van der Waals surface area contributed by atoms with Crippen LogP contribution in [0.5, 0.6) is 0 Å². The third-order valence-electron chi connectivity index (χ3n) is 2.93. The van der Waals surface area contributed by atoms with E-state index in [4.69, 9.17) is 16.3 Å². The Hall–Kier alpha value is -1.86. The van der Waals surface area contributed by atoms with Gasteiger partial charge in [0.25, 0.3) is 0 Å². The van der Waals surface area contributed by atoms with Crippen LogP contribution < -0.4 is 5.32 Å². The third-order valence-corrected chi connectivity index (χ3v) is 3.90. The molecule has 0 unspecified atom stereocenters. The number of esters is 1. The second-order valence-corrected chi connectivity index (χ2v) is 6.23. The number of rotatable bonds is 5. The van der Waals surface area contributed by atoms with Crippen molar-refractivity contribution in [2.75, 3.05) is 12.4 Å². The lowest BCUT2D eigenvalue weighted by atomic mass is 10.1. The highest BCUT2D eigenvalue weighted by Gasteiger charge is 2.13. The van der Waals surface area contributed by atoms with Gasteiger partial charge in [0.2, 0.25) is 0 Å². The average Bonchev–Trinajstić information content (AvgIpc) is 2.56. The molecule has 0 aliphatic carbocycles. The molecule has 0 spiro atoms. The Labute approximate surface area is 152 Å². The molecule has 1 N–H and O–H groups in total. The lowest BCUT2D eigenvalue weighted by Crippen LogP contribution is -2.15. The zero-order valence-electron chi connectivity index (χ0n) is 12.2. The van der Waals surface area contributed by atoms with Crippen molar-refractivity contribution < 1.29 is 14.3 Å². The number of anilines is 1. The number of ketones is 1. The highest BCUT2D eigenvalue weighted by molar-refractivity contribution is 14.1. The average molecular weight is 442 g/mol. The standard InChI is InChI=1S/C17H13ClINO3/c1-23-17(22)15(20-14-8-6-13(19)7-9-14)10-16(21)11-2-4-12(18)5-3-11/h2-10,20H,1H3/b15-10-. The molecule has 0 aliphatic heterocycles. The van der Waals surface area contributed by atoms with Gasteiger partial charge in [0, 0.05) is 25.9 Å². The van der Waals surface area contributed by atoms with E-state index in [1.54, 1.807) is 24.3 Å². The van der Waals surface area contributed by atoms with E-state index in [1.807, 2.05) is 24.3 Å². The molecule has 0 heterocycles. The molecule has 2 rings (SSSR count). The molecule has 118 valence electrons. The number of hydrogen-bond donors (Lipinski definition) is 1. The van der Waals surface area contributed by atoms with Crippen LogP contribution >= 0.6 is 34.2 Å². The monoisotopic (exact) mass is 441 g/mol. The van der Waals surface area contributed by atoms with Crippen LogP contribution in [0.4, 0.5) is 5.69 Å². The van der Waals surface area contributed by atoms with Crippen molar-refractivity contribution in [3.63, 3.8) is 0 Å². The van der Waals surface area contributed by atoms with Crippen LogP contribution in [0.3, 0.4) is 0 Å². The van der Waals surface area contributed by atoms with Gasteiger partial charge in [0.05, 0.1) is 7.11 Å². The van der Waals surface area contributed by atoms with E-state index >= 15 is 0 Å². The number of methoxy groups -OCH3 is 1. The zero-order valence-corrected chi connectivity index (χ0v) is 15.1. The van der Waals surface area contributed by atoms with E-state index < -0.39 is 5.97 Å². The minimum absolute atomic E-state index is 0.0636. The van der Waals surface area contributed by atoms with Crippen molar-refractivity contribution in [3.8, 4) is 0 Å².